The molecular weight excluding hydrogens is 474 g/mol. The lowest BCUT2D eigenvalue weighted by Crippen LogP contribution is -2.46. The summed E-state index contributed by atoms with van der Waals surface area (Å²) in [5.74, 6) is 3.06. The maximum atomic E-state index is 11.6. The fourth-order valence-electron chi connectivity index (χ4n) is 4.70. The second-order valence-corrected chi connectivity index (χ2v) is 9.46. The first kappa shape index (κ1) is 26.6. The Labute approximate surface area is 224 Å². The lowest BCUT2D eigenvalue weighted by Gasteiger charge is -2.39. The van der Waals surface area contributed by atoms with Crippen LogP contribution in [0.25, 0.3) is 5.57 Å². The van der Waals surface area contributed by atoms with E-state index < -0.39 is 0 Å². The van der Waals surface area contributed by atoms with Gasteiger partial charge in [0.1, 0.15) is 17.5 Å². The lowest BCUT2D eigenvalue weighted by molar-refractivity contribution is 0.182. The van der Waals surface area contributed by atoms with E-state index in [9.17, 15) is 10.1 Å². The van der Waals surface area contributed by atoms with Crippen molar-refractivity contribution in [2.45, 2.75) is 34.1 Å². The van der Waals surface area contributed by atoms with Crippen LogP contribution in [-0.4, -0.2) is 57.6 Å². The SMILES string of the molecule is CC/C=C/N=C1/C(c2cc(C#N)ccn2)=CN(c2ccccn2)/C1=C(/C)N1CCN(C(=C=O)C(C)C)CC1. The van der Waals surface area contributed by atoms with Gasteiger partial charge < -0.3 is 9.80 Å². The first-order valence-corrected chi connectivity index (χ1v) is 13.0. The summed E-state index contributed by atoms with van der Waals surface area (Å²) in [6, 6.07) is 11.5. The van der Waals surface area contributed by atoms with Crippen LogP contribution < -0.4 is 4.90 Å². The molecule has 4 rings (SSSR count). The highest BCUT2D eigenvalue weighted by molar-refractivity contribution is 6.36. The Morgan fingerprint density at radius 1 is 1.13 bits per heavy atom. The molecule has 0 N–H and O–H groups in total. The van der Waals surface area contributed by atoms with Crippen molar-refractivity contribution in [1.82, 2.24) is 19.8 Å². The van der Waals surface area contributed by atoms with E-state index in [4.69, 9.17) is 4.99 Å². The number of aromatic nitrogens is 2. The van der Waals surface area contributed by atoms with Crippen LogP contribution >= 0.6 is 0 Å². The molecule has 0 atom stereocenters. The first-order chi connectivity index (χ1) is 18.5. The molecule has 2 aromatic rings. The number of rotatable bonds is 7. The van der Waals surface area contributed by atoms with Crippen LogP contribution in [0.5, 0.6) is 0 Å². The molecule has 1 fully saturated rings. The number of carbonyl (C=O) groups excluding carboxylic acids is 1. The van der Waals surface area contributed by atoms with Crippen molar-refractivity contribution in [2.24, 2.45) is 10.9 Å². The minimum absolute atomic E-state index is 0.139. The smallest absolute Gasteiger partial charge is 0.146 e. The molecule has 1 saturated heterocycles. The van der Waals surface area contributed by atoms with E-state index in [0.29, 0.717) is 11.3 Å². The number of nitriles is 1. The summed E-state index contributed by atoms with van der Waals surface area (Å²) >= 11 is 0. The van der Waals surface area contributed by atoms with Gasteiger partial charge in [-0.25, -0.2) is 9.78 Å². The molecule has 0 amide bonds. The van der Waals surface area contributed by atoms with Crippen molar-refractivity contribution in [1.29, 1.82) is 5.26 Å². The van der Waals surface area contributed by atoms with Gasteiger partial charge in [0, 0.05) is 68.2 Å². The van der Waals surface area contributed by atoms with Gasteiger partial charge >= 0.3 is 0 Å². The maximum absolute atomic E-state index is 11.6. The van der Waals surface area contributed by atoms with E-state index in [0.717, 1.165) is 66.8 Å². The average molecular weight is 508 g/mol. The van der Waals surface area contributed by atoms with Gasteiger partial charge in [0.25, 0.3) is 0 Å². The largest absolute Gasteiger partial charge is 0.370 e. The van der Waals surface area contributed by atoms with Crippen LogP contribution in [0.1, 0.15) is 45.4 Å². The van der Waals surface area contributed by atoms with E-state index in [1.165, 1.54) is 0 Å². The summed E-state index contributed by atoms with van der Waals surface area (Å²) in [5.41, 5.74) is 5.53. The maximum Gasteiger partial charge on any atom is 0.146 e. The summed E-state index contributed by atoms with van der Waals surface area (Å²) in [6.45, 7) is 11.2. The van der Waals surface area contributed by atoms with Gasteiger partial charge in [-0.05, 0) is 37.6 Å². The van der Waals surface area contributed by atoms with Crippen molar-refractivity contribution in [3.05, 3.63) is 89.5 Å². The molecule has 2 aliphatic heterocycles. The Kier molecular flexibility index (Phi) is 8.52. The van der Waals surface area contributed by atoms with E-state index in [-0.39, 0.29) is 5.92 Å². The minimum Gasteiger partial charge on any atom is -0.370 e. The third-order valence-corrected chi connectivity index (χ3v) is 6.67. The van der Waals surface area contributed by atoms with Gasteiger partial charge in [-0.3, -0.25) is 14.9 Å². The highest BCUT2D eigenvalue weighted by Crippen LogP contribution is 2.36. The second kappa shape index (κ2) is 12.2. The van der Waals surface area contributed by atoms with E-state index in [1.54, 1.807) is 24.5 Å². The van der Waals surface area contributed by atoms with Crippen molar-refractivity contribution in [2.75, 3.05) is 31.1 Å². The van der Waals surface area contributed by atoms with Crippen molar-refractivity contribution in [3.63, 3.8) is 0 Å². The van der Waals surface area contributed by atoms with Crippen LogP contribution in [0.2, 0.25) is 0 Å². The number of aliphatic imine (C=N–C) groups is 1. The normalized spacial score (nSPS) is 18.2. The second-order valence-electron chi connectivity index (χ2n) is 9.46. The predicted octanol–water partition coefficient (Wildman–Crippen LogP) is 4.79. The first-order valence-electron chi connectivity index (χ1n) is 13.0. The molecule has 194 valence electrons. The van der Waals surface area contributed by atoms with Crippen molar-refractivity contribution in [3.8, 4) is 6.07 Å². The number of pyridine rings is 2. The number of piperazine rings is 1. The van der Waals surface area contributed by atoms with E-state index in [1.807, 2.05) is 50.5 Å². The molecule has 8 nitrogen and oxygen atoms in total. The van der Waals surface area contributed by atoms with Gasteiger partial charge in [0.05, 0.1) is 28.7 Å². The monoisotopic (exact) mass is 507 g/mol. The molecular formula is C30H33N7O. The summed E-state index contributed by atoms with van der Waals surface area (Å²) in [5, 5.41) is 9.49. The van der Waals surface area contributed by atoms with Gasteiger partial charge in [-0.2, -0.15) is 5.26 Å². The fraction of sp³-hybridized carbons (Fsp3) is 0.333. The number of hydrogen-bond donors (Lipinski definition) is 0. The molecule has 0 aromatic carbocycles. The Balaban J connectivity index is 1.80. The molecule has 0 aliphatic carbocycles. The molecule has 38 heavy (non-hydrogen) atoms. The van der Waals surface area contributed by atoms with Crippen LogP contribution in [0.3, 0.4) is 0 Å². The highest BCUT2D eigenvalue weighted by Gasteiger charge is 2.33. The molecule has 0 bridgehead atoms. The Morgan fingerprint density at radius 2 is 1.89 bits per heavy atom. The Bertz CT molecular complexity index is 1370. The molecule has 0 spiro atoms. The molecule has 2 aliphatic rings. The van der Waals surface area contributed by atoms with E-state index in [2.05, 4.69) is 50.5 Å². The molecule has 2 aromatic heterocycles. The standard InChI is InChI=1S/C30H33N7O/c1-5-6-11-34-29-25(26-18-24(19-31)10-13-32-26)20-37(28-9-7-8-12-33-28)30(29)23(4)35-14-16-36(17-15-35)27(21-38)22(2)3/h6-13,18,20,22H,5,14-17H2,1-4H3/b11-6+,30-23-,34-29-. The lowest BCUT2D eigenvalue weighted by atomic mass is 10.0. The van der Waals surface area contributed by atoms with E-state index >= 15 is 0 Å². The third-order valence-electron chi connectivity index (χ3n) is 6.67. The average Bonchev–Trinajstić information content (AvgIpc) is 3.33. The zero-order chi connectivity index (χ0) is 27.1. The van der Waals surface area contributed by atoms with Crippen LogP contribution in [0.15, 0.2) is 83.3 Å². The number of anilines is 1. The summed E-state index contributed by atoms with van der Waals surface area (Å²) < 4.78 is 0. The summed E-state index contributed by atoms with van der Waals surface area (Å²) in [7, 11) is 0. The molecule has 4 heterocycles. The zero-order valence-electron chi connectivity index (χ0n) is 22.4. The topological polar surface area (TPSA) is 88.7 Å². The van der Waals surface area contributed by atoms with Crippen molar-refractivity contribution < 1.29 is 4.79 Å². The predicted molar refractivity (Wildman–Crippen MR) is 150 cm³/mol. The number of nitrogens with zero attached hydrogens (tertiary/aromatic N) is 7. The zero-order valence-corrected chi connectivity index (χ0v) is 22.4. The Hall–Kier alpha value is -4.47. The highest BCUT2D eigenvalue weighted by atomic mass is 16.1. The van der Waals surface area contributed by atoms with Crippen molar-refractivity contribution >= 4 is 23.0 Å². The minimum atomic E-state index is 0.139. The van der Waals surface area contributed by atoms with Crippen LogP contribution in [-0.2, 0) is 4.79 Å². The van der Waals surface area contributed by atoms with Crippen LogP contribution in [0.4, 0.5) is 5.82 Å². The molecule has 0 saturated carbocycles. The number of hydrogen-bond acceptors (Lipinski definition) is 8. The number of allylic oxidation sites excluding steroid dienone is 4. The quantitative estimate of drug-likeness (QED) is 0.498. The molecule has 0 radical (unpaired) electrons. The summed E-state index contributed by atoms with van der Waals surface area (Å²) in [6.07, 6.45) is 10.1. The van der Waals surface area contributed by atoms with Gasteiger partial charge in [0.15, 0.2) is 0 Å². The Morgan fingerprint density at radius 3 is 2.53 bits per heavy atom. The van der Waals surface area contributed by atoms with Gasteiger partial charge in [0.2, 0.25) is 0 Å². The van der Waals surface area contributed by atoms with Crippen LogP contribution in [0, 0.1) is 17.2 Å². The fourth-order valence-corrected chi connectivity index (χ4v) is 4.70. The van der Waals surface area contributed by atoms with Gasteiger partial charge in [-0.15, -0.1) is 0 Å². The van der Waals surface area contributed by atoms with Gasteiger partial charge in [-0.1, -0.05) is 32.9 Å². The molecule has 0 unspecified atom stereocenters. The summed E-state index contributed by atoms with van der Waals surface area (Å²) in [4.78, 5) is 32.2. The third kappa shape index (κ3) is 5.59. The molecule has 8 heteroatoms.